The summed E-state index contributed by atoms with van der Waals surface area (Å²) < 4.78 is 12.9. The zero-order valence-corrected chi connectivity index (χ0v) is 11.7. The molecule has 2 heterocycles. The molecule has 0 amide bonds. The highest BCUT2D eigenvalue weighted by Gasteiger charge is 2.18. The van der Waals surface area contributed by atoms with Crippen molar-refractivity contribution < 1.29 is 26.4 Å². The smallest absolute Gasteiger partial charge is 0.189 e. The predicted octanol–water partition coefficient (Wildman–Crippen LogP) is -0.454. The zero-order chi connectivity index (χ0) is 12.4. The van der Waals surface area contributed by atoms with Crippen LogP contribution < -0.4 is 21.7 Å². The van der Waals surface area contributed by atoms with E-state index in [4.69, 9.17) is 21.1 Å². The molecule has 0 saturated carbocycles. The number of halogens is 2. The van der Waals surface area contributed by atoms with Crippen LogP contribution in [0.25, 0.3) is 0 Å². The number of pyridine rings is 1. The van der Waals surface area contributed by atoms with Gasteiger partial charge in [-0.1, -0.05) is 17.7 Å². The van der Waals surface area contributed by atoms with Crippen molar-refractivity contribution in [2.75, 3.05) is 6.79 Å². The SMILES string of the molecule is Clc1cc2c(c(C[n+]3ccccc3)c1)OCOC2.[Cl-]. The summed E-state index contributed by atoms with van der Waals surface area (Å²) in [5.74, 6) is 0.905. The van der Waals surface area contributed by atoms with Gasteiger partial charge < -0.3 is 21.9 Å². The quantitative estimate of drug-likeness (QED) is 0.701. The number of aromatic nitrogens is 1. The van der Waals surface area contributed by atoms with Crippen LogP contribution in [0, 0.1) is 0 Å². The molecule has 0 atom stereocenters. The third-order valence-electron chi connectivity index (χ3n) is 2.88. The zero-order valence-electron chi connectivity index (χ0n) is 10.2. The molecule has 0 saturated heterocycles. The monoisotopic (exact) mass is 297 g/mol. The lowest BCUT2D eigenvalue weighted by Crippen LogP contribution is -3.00. The summed E-state index contributed by atoms with van der Waals surface area (Å²) >= 11 is 6.13. The molecule has 0 fully saturated rings. The Morgan fingerprint density at radius 3 is 2.74 bits per heavy atom. The van der Waals surface area contributed by atoms with Gasteiger partial charge in [-0.25, -0.2) is 4.57 Å². The van der Waals surface area contributed by atoms with E-state index in [0.29, 0.717) is 13.4 Å². The van der Waals surface area contributed by atoms with Crippen molar-refractivity contribution >= 4 is 11.6 Å². The van der Waals surface area contributed by atoms with Crippen LogP contribution in [-0.4, -0.2) is 6.79 Å². The summed E-state index contributed by atoms with van der Waals surface area (Å²) in [6, 6.07) is 9.84. The van der Waals surface area contributed by atoms with Crippen molar-refractivity contribution in [3.63, 3.8) is 0 Å². The molecule has 0 aliphatic carbocycles. The molecule has 19 heavy (non-hydrogen) atoms. The van der Waals surface area contributed by atoms with E-state index in [1.54, 1.807) is 0 Å². The molecule has 100 valence electrons. The second-order valence-corrected chi connectivity index (χ2v) is 4.65. The maximum absolute atomic E-state index is 6.13. The average Bonchev–Trinajstić information content (AvgIpc) is 2.40. The van der Waals surface area contributed by atoms with Crippen LogP contribution in [0.3, 0.4) is 0 Å². The minimum absolute atomic E-state index is 0. The van der Waals surface area contributed by atoms with Gasteiger partial charge in [0.1, 0.15) is 5.75 Å². The summed E-state index contributed by atoms with van der Waals surface area (Å²) in [6.45, 7) is 1.60. The van der Waals surface area contributed by atoms with Crippen molar-refractivity contribution in [3.8, 4) is 5.75 Å². The van der Waals surface area contributed by atoms with E-state index in [9.17, 15) is 0 Å². The van der Waals surface area contributed by atoms with E-state index < -0.39 is 0 Å². The van der Waals surface area contributed by atoms with Crippen LogP contribution in [0.2, 0.25) is 5.02 Å². The molecule has 0 N–H and O–H groups in total. The summed E-state index contributed by atoms with van der Waals surface area (Å²) in [6.07, 6.45) is 4.04. The minimum Gasteiger partial charge on any atom is -1.00 e. The Balaban J connectivity index is 0.00000133. The molecule has 0 bridgehead atoms. The number of ether oxygens (including phenoxy) is 2. The molecule has 5 heteroatoms. The second-order valence-electron chi connectivity index (χ2n) is 4.21. The highest BCUT2D eigenvalue weighted by molar-refractivity contribution is 6.30. The molecule has 0 spiro atoms. The highest BCUT2D eigenvalue weighted by atomic mass is 35.5. The maximum atomic E-state index is 6.13. The lowest BCUT2D eigenvalue weighted by Gasteiger charge is -2.20. The molecule has 1 aromatic heterocycles. The van der Waals surface area contributed by atoms with Crippen LogP contribution in [0.1, 0.15) is 11.1 Å². The van der Waals surface area contributed by atoms with Crippen molar-refractivity contribution in [3.05, 3.63) is 58.9 Å². The van der Waals surface area contributed by atoms with Gasteiger partial charge in [-0.05, 0) is 12.1 Å². The van der Waals surface area contributed by atoms with Crippen LogP contribution in [-0.2, 0) is 17.9 Å². The molecule has 0 radical (unpaired) electrons. The molecular formula is C14H13Cl2NO2. The highest BCUT2D eigenvalue weighted by Crippen LogP contribution is 2.31. The van der Waals surface area contributed by atoms with Crippen LogP contribution in [0.5, 0.6) is 5.75 Å². The molecule has 3 rings (SSSR count). The molecule has 1 aliphatic rings. The van der Waals surface area contributed by atoms with E-state index in [2.05, 4.69) is 4.57 Å². The maximum Gasteiger partial charge on any atom is 0.189 e. The Kier molecular flexibility index (Phi) is 4.64. The Hall–Kier alpha value is -1.29. The number of rotatable bonds is 2. The van der Waals surface area contributed by atoms with Gasteiger partial charge in [0.05, 0.1) is 12.2 Å². The number of hydrogen-bond acceptors (Lipinski definition) is 2. The molecule has 1 aromatic carbocycles. The van der Waals surface area contributed by atoms with Crippen LogP contribution >= 0.6 is 11.6 Å². The largest absolute Gasteiger partial charge is 1.00 e. The van der Waals surface area contributed by atoms with Gasteiger partial charge in [0.2, 0.25) is 0 Å². The van der Waals surface area contributed by atoms with E-state index in [1.807, 2.05) is 42.7 Å². The van der Waals surface area contributed by atoms with Crippen molar-refractivity contribution in [2.45, 2.75) is 13.2 Å². The summed E-state index contributed by atoms with van der Waals surface area (Å²) in [7, 11) is 0. The van der Waals surface area contributed by atoms with E-state index >= 15 is 0 Å². The molecule has 0 unspecified atom stereocenters. The van der Waals surface area contributed by atoms with Gasteiger partial charge in [-0.3, -0.25) is 0 Å². The summed E-state index contributed by atoms with van der Waals surface area (Å²) in [4.78, 5) is 0. The van der Waals surface area contributed by atoms with Gasteiger partial charge in [-0.15, -0.1) is 0 Å². The Bertz CT molecular complexity index is 561. The molecule has 2 aromatic rings. The van der Waals surface area contributed by atoms with Crippen molar-refractivity contribution in [1.29, 1.82) is 0 Å². The van der Waals surface area contributed by atoms with Gasteiger partial charge in [0.25, 0.3) is 0 Å². The third-order valence-corrected chi connectivity index (χ3v) is 3.10. The first-order chi connectivity index (χ1) is 8.83. The first-order valence-corrected chi connectivity index (χ1v) is 6.16. The van der Waals surface area contributed by atoms with Gasteiger partial charge in [-0.2, -0.15) is 0 Å². The Morgan fingerprint density at radius 2 is 1.95 bits per heavy atom. The Labute approximate surface area is 123 Å². The predicted molar refractivity (Wildman–Crippen MR) is 67.5 cm³/mol. The van der Waals surface area contributed by atoms with Crippen LogP contribution in [0.15, 0.2) is 42.7 Å². The fourth-order valence-corrected chi connectivity index (χ4v) is 2.37. The second kappa shape index (κ2) is 6.24. The van der Waals surface area contributed by atoms with Crippen molar-refractivity contribution in [1.82, 2.24) is 0 Å². The number of hydrogen-bond donors (Lipinski definition) is 0. The standard InChI is InChI=1S/C14H13ClNO2.ClH/c15-13-6-11(8-16-4-2-1-3-5-16)14-12(7-13)9-17-10-18-14;/h1-7H,8-10H2;1H/q+1;/p-1. The van der Waals surface area contributed by atoms with E-state index in [1.165, 1.54) is 0 Å². The average molecular weight is 298 g/mol. The molecule has 1 aliphatic heterocycles. The normalized spacial score (nSPS) is 13.1. The first kappa shape index (κ1) is 14.1. The van der Waals surface area contributed by atoms with E-state index in [0.717, 1.165) is 28.4 Å². The number of benzene rings is 1. The topological polar surface area (TPSA) is 22.3 Å². The van der Waals surface area contributed by atoms with E-state index in [-0.39, 0.29) is 12.4 Å². The lowest BCUT2D eigenvalue weighted by atomic mass is 10.1. The number of nitrogens with zero attached hydrogens (tertiary/aromatic N) is 1. The third kappa shape index (κ3) is 3.18. The molecule has 3 nitrogen and oxygen atoms in total. The van der Waals surface area contributed by atoms with Crippen molar-refractivity contribution in [2.24, 2.45) is 0 Å². The van der Waals surface area contributed by atoms with Gasteiger partial charge >= 0.3 is 0 Å². The summed E-state index contributed by atoms with van der Waals surface area (Å²) in [5, 5.41) is 0.717. The summed E-state index contributed by atoms with van der Waals surface area (Å²) in [5.41, 5.74) is 2.09. The fourth-order valence-electron chi connectivity index (χ4n) is 2.11. The minimum atomic E-state index is 0. The Morgan fingerprint density at radius 1 is 1.16 bits per heavy atom. The van der Waals surface area contributed by atoms with Gasteiger partial charge in [0.15, 0.2) is 25.7 Å². The van der Waals surface area contributed by atoms with Gasteiger partial charge in [0, 0.05) is 22.7 Å². The first-order valence-electron chi connectivity index (χ1n) is 5.79. The van der Waals surface area contributed by atoms with Crippen LogP contribution in [0.4, 0.5) is 0 Å². The fraction of sp³-hybridized carbons (Fsp3) is 0.214. The number of fused-ring (bicyclic) bond motifs is 1. The lowest BCUT2D eigenvalue weighted by molar-refractivity contribution is -0.688. The molecular weight excluding hydrogens is 285 g/mol.